The van der Waals surface area contributed by atoms with Crippen LogP contribution in [-0.2, 0) is 16.6 Å². The highest BCUT2D eigenvalue weighted by molar-refractivity contribution is 7.87. The summed E-state index contributed by atoms with van der Waals surface area (Å²) < 4.78 is 28.9. The fraction of sp³-hybridized carbons (Fsp3) is 0.600. The van der Waals surface area contributed by atoms with Gasteiger partial charge in [0.15, 0.2) is 0 Å². The highest BCUT2D eigenvalue weighted by Gasteiger charge is 2.28. The van der Waals surface area contributed by atoms with Crippen LogP contribution in [0.4, 0.5) is 0 Å². The number of hydrogen-bond donors (Lipinski definition) is 2. The molecule has 0 bridgehead atoms. The molecule has 2 rings (SSSR count). The first-order chi connectivity index (χ1) is 10.0. The van der Waals surface area contributed by atoms with Gasteiger partial charge < -0.3 is 5.11 Å². The Balaban J connectivity index is 1.99. The maximum absolute atomic E-state index is 12.4. The number of piperidine rings is 1. The lowest BCUT2D eigenvalue weighted by molar-refractivity contribution is 0.245. The topological polar surface area (TPSA) is 69.6 Å². The summed E-state index contributed by atoms with van der Waals surface area (Å²) in [5, 5.41) is 9.46. The van der Waals surface area contributed by atoms with Gasteiger partial charge in [0.1, 0.15) is 0 Å². The van der Waals surface area contributed by atoms with E-state index in [1.807, 2.05) is 30.3 Å². The summed E-state index contributed by atoms with van der Waals surface area (Å²) in [7, 11) is -3.52. The fourth-order valence-electron chi connectivity index (χ4n) is 2.69. The second kappa shape index (κ2) is 7.35. The first-order valence-corrected chi connectivity index (χ1v) is 8.87. The summed E-state index contributed by atoms with van der Waals surface area (Å²) in [5.41, 5.74) is 1.01. The maximum atomic E-state index is 12.4. The van der Waals surface area contributed by atoms with Crippen LogP contribution in [0.25, 0.3) is 0 Å². The van der Waals surface area contributed by atoms with Crippen LogP contribution in [0, 0.1) is 5.92 Å². The van der Waals surface area contributed by atoms with Gasteiger partial charge in [-0.05, 0) is 30.7 Å². The fourth-order valence-corrected chi connectivity index (χ4v) is 4.24. The number of aliphatic hydroxyl groups is 1. The van der Waals surface area contributed by atoms with E-state index < -0.39 is 16.3 Å². The molecule has 0 aliphatic carbocycles. The minimum Gasteiger partial charge on any atom is -0.395 e. The van der Waals surface area contributed by atoms with Crippen molar-refractivity contribution in [3.8, 4) is 0 Å². The van der Waals surface area contributed by atoms with E-state index in [0.717, 1.165) is 18.4 Å². The number of hydrogen-bond acceptors (Lipinski definition) is 3. The van der Waals surface area contributed by atoms with E-state index in [9.17, 15) is 13.5 Å². The summed E-state index contributed by atoms with van der Waals surface area (Å²) in [6, 6.07) is 9.10. The Labute approximate surface area is 127 Å². The third kappa shape index (κ3) is 4.78. The van der Waals surface area contributed by atoms with Crippen LogP contribution < -0.4 is 4.72 Å². The summed E-state index contributed by atoms with van der Waals surface area (Å²) >= 11 is 0. The van der Waals surface area contributed by atoms with E-state index >= 15 is 0 Å². The molecule has 1 fully saturated rings. The van der Waals surface area contributed by atoms with Crippen LogP contribution in [0.15, 0.2) is 30.3 Å². The quantitative estimate of drug-likeness (QED) is 0.828. The molecule has 21 heavy (non-hydrogen) atoms. The zero-order chi connectivity index (χ0) is 15.3. The molecular weight excluding hydrogens is 288 g/mol. The van der Waals surface area contributed by atoms with Crippen LogP contribution in [0.5, 0.6) is 0 Å². The molecule has 2 N–H and O–H groups in total. The molecule has 118 valence electrons. The van der Waals surface area contributed by atoms with Crippen LogP contribution >= 0.6 is 0 Å². The molecule has 1 saturated heterocycles. The average Bonchev–Trinajstić information content (AvgIpc) is 2.47. The van der Waals surface area contributed by atoms with Crippen molar-refractivity contribution >= 4 is 10.2 Å². The Hall–Kier alpha value is -0.950. The second-order valence-electron chi connectivity index (χ2n) is 5.80. The zero-order valence-electron chi connectivity index (χ0n) is 12.4. The van der Waals surface area contributed by atoms with Gasteiger partial charge in [-0.2, -0.15) is 17.4 Å². The van der Waals surface area contributed by atoms with Crippen molar-refractivity contribution in [2.75, 3.05) is 19.7 Å². The van der Waals surface area contributed by atoms with E-state index in [2.05, 4.69) is 11.6 Å². The molecule has 5 nitrogen and oxygen atoms in total. The minimum atomic E-state index is -3.52. The molecule has 1 aromatic carbocycles. The number of benzene rings is 1. The number of nitrogens with one attached hydrogen (secondary N) is 1. The van der Waals surface area contributed by atoms with E-state index in [1.54, 1.807) is 0 Å². The van der Waals surface area contributed by atoms with Gasteiger partial charge in [0, 0.05) is 13.1 Å². The van der Waals surface area contributed by atoms with Crippen molar-refractivity contribution in [2.45, 2.75) is 32.2 Å². The molecule has 0 radical (unpaired) electrons. The van der Waals surface area contributed by atoms with Crippen molar-refractivity contribution in [1.82, 2.24) is 9.03 Å². The van der Waals surface area contributed by atoms with E-state index in [0.29, 0.717) is 25.4 Å². The number of aliphatic hydroxyl groups excluding tert-OH is 1. The summed E-state index contributed by atoms with van der Waals surface area (Å²) in [6.45, 7) is 2.97. The molecule has 1 aliphatic rings. The molecule has 2 atom stereocenters. The van der Waals surface area contributed by atoms with Gasteiger partial charge in [0.2, 0.25) is 0 Å². The highest BCUT2D eigenvalue weighted by Crippen LogP contribution is 2.18. The lowest BCUT2D eigenvalue weighted by Crippen LogP contribution is -2.50. The molecule has 1 heterocycles. The molecule has 6 heteroatoms. The molecule has 0 spiro atoms. The third-order valence-electron chi connectivity index (χ3n) is 3.82. The predicted octanol–water partition coefficient (Wildman–Crippen LogP) is 1.16. The van der Waals surface area contributed by atoms with Crippen LogP contribution in [0.3, 0.4) is 0 Å². The Morgan fingerprint density at radius 1 is 1.38 bits per heavy atom. The van der Waals surface area contributed by atoms with Crippen molar-refractivity contribution in [3.63, 3.8) is 0 Å². The third-order valence-corrected chi connectivity index (χ3v) is 5.46. The molecule has 0 saturated carbocycles. The van der Waals surface area contributed by atoms with Gasteiger partial charge in [-0.3, -0.25) is 0 Å². The molecule has 1 unspecified atom stereocenters. The standard InChI is InChI=1S/C15H24N2O3S/c1-13-6-5-9-17(11-13)21(19,20)16-15(12-18)10-14-7-3-2-4-8-14/h2-4,7-8,13,15-16,18H,5-6,9-12H2,1H3/t13?,15-/m0/s1. The summed E-state index contributed by atoms with van der Waals surface area (Å²) in [6.07, 6.45) is 2.45. The zero-order valence-corrected chi connectivity index (χ0v) is 13.2. The normalized spacial score (nSPS) is 22.1. The van der Waals surface area contributed by atoms with Crippen LogP contribution in [0.2, 0.25) is 0 Å². The first-order valence-electron chi connectivity index (χ1n) is 7.43. The Morgan fingerprint density at radius 3 is 2.71 bits per heavy atom. The SMILES string of the molecule is CC1CCCN(S(=O)(=O)N[C@H](CO)Cc2ccccc2)C1. The van der Waals surface area contributed by atoms with Crippen LogP contribution in [0.1, 0.15) is 25.3 Å². The number of rotatable bonds is 6. The monoisotopic (exact) mass is 312 g/mol. The first kappa shape index (κ1) is 16.4. The van der Waals surface area contributed by atoms with Crippen molar-refractivity contribution in [1.29, 1.82) is 0 Å². The molecule has 0 aromatic heterocycles. The van der Waals surface area contributed by atoms with Gasteiger partial charge in [-0.15, -0.1) is 0 Å². The number of nitrogens with zero attached hydrogens (tertiary/aromatic N) is 1. The molecule has 1 aromatic rings. The Morgan fingerprint density at radius 2 is 2.10 bits per heavy atom. The van der Waals surface area contributed by atoms with Crippen molar-refractivity contribution in [2.24, 2.45) is 5.92 Å². The minimum absolute atomic E-state index is 0.211. The van der Waals surface area contributed by atoms with Gasteiger partial charge in [0.25, 0.3) is 10.2 Å². The van der Waals surface area contributed by atoms with Gasteiger partial charge in [-0.25, -0.2) is 0 Å². The van der Waals surface area contributed by atoms with Gasteiger partial charge in [-0.1, -0.05) is 37.3 Å². The second-order valence-corrected chi connectivity index (χ2v) is 7.50. The van der Waals surface area contributed by atoms with Crippen molar-refractivity contribution in [3.05, 3.63) is 35.9 Å². The van der Waals surface area contributed by atoms with Crippen molar-refractivity contribution < 1.29 is 13.5 Å². The van der Waals surface area contributed by atoms with E-state index in [4.69, 9.17) is 0 Å². The largest absolute Gasteiger partial charge is 0.395 e. The van der Waals surface area contributed by atoms with E-state index in [-0.39, 0.29) is 6.61 Å². The summed E-state index contributed by atoms with van der Waals surface area (Å²) in [4.78, 5) is 0. The van der Waals surface area contributed by atoms with Crippen LogP contribution in [-0.4, -0.2) is 43.6 Å². The predicted molar refractivity (Wildman–Crippen MR) is 83.0 cm³/mol. The lowest BCUT2D eigenvalue weighted by Gasteiger charge is -2.31. The summed E-state index contributed by atoms with van der Waals surface area (Å²) in [5.74, 6) is 0.386. The smallest absolute Gasteiger partial charge is 0.279 e. The molecule has 1 aliphatic heterocycles. The lowest BCUT2D eigenvalue weighted by atomic mass is 10.0. The molecular formula is C15H24N2O3S. The van der Waals surface area contributed by atoms with Gasteiger partial charge in [0.05, 0.1) is 12.6 Å². The average molecular weight is 312 g/mol. The Bertz CT molecular complexity index is 533. The highest BCUT2D eigenvalue weighted by atomic mass is 32.2. The Kier molecular flexibility index (Phi) is 5.75. The van der Waals surface area contributed by atoms with E-state index in [1.165, 1.54) is 4.31 Å². The molecule has 0 amide bonds. The maximum Gasteiger partial charge on any atom is 0.279 e. The van der Waals surface area contributed by atoms with Gasteiger partial charge >= 0.3 is 0 Å².